The van der Waals surface area contributed by atoms with Gasteiger partial charge in [-0.1, -0.05) is 30.3 Å². The summed E-state index contributed by atoms with van der Waals surface area (Å²) in [6.07, 6.45) is 2.14. The topological polar surface area (TPSA) is 75.4 Å². The fourth-order valence-corrected chi connectivity index (χ4v) is 2.64. The molecule has 5 heteroatoms. The van der Waals surface area contributed by atoms with E-state index in [4.69, 9.17) is 5.73 Å². The van der Waals surface area contributed by atoms with Gasteiger partial charge in [-0.05, 0) is 24.9 Å². The van der Waals surface area contributed by atoms with Gasteiger partial charge in [0.05, 0.1) is 5.92 Å². The zero-order valence-corrected chi connectivity index (χ0v) is 12.3. The lowest BCUT2D eigenvalue weighted by Crippen LogP contribution is -2.43. The van der Waals surface area contributed by atoms with Crippen molar-refractivity contribution in [2.45, 2.75) is 25.8 Å². The predicted octanol–water partition coefficient (Wildman–Crippen LogP) is 0.890. The molecule has 1 atom stereocenters. The Bertz CT molecular complexity index is 470. The van der Waals surface area contributed by atoms with Crippen molar-refractivity contribution in [3.63, 3.8) is 0 Å². The molecular weight excluding hydrogens is 266 g/mol. The van der Waals surface area contributed by atoms with E-state index in [2.05, 4.69) is 5.32 Å². The monoisotopic (exact) mass is 289 g/mol. The molecule has 21 heavy (non-hydrogen) atoms. The minimum atomic E-state index is -0.373. The molecule has 1 saturated heterocycles. The second kappa shape index (κ2) is 7.78. The van der Waals surface area contributed by atoms with Gasteiger partial charge in [-0.25, -0.2) is 0 Å². The third kappa shape index (κ3) is 4.86. The SMILES string of the molecule is NC(=O)CCN(Cc1ccccc1)C(=O)C1CCCNC1. The second-order valence-electron chi connectivity index (χ2n) is 5.50. The molecule has 1 unspecified atom stereocenters. The van der Waals surface area contributed by atoms with Crippen LogP contribution in [0.25, 0.3) is 0 Å². The molecule has 0 saturated carbocycles. The second-order valence-corrected chi connectivity index (χ2v) is 5.50. The molecule has 114 valence electrons. The van der Waals surface area contributed by atoms with Crippen LogP contribution < -0.4 is 11.1 Å². The van der Waals surface area contributed by atoms with Gasteiger partial charge in [0.2, 0.25) is 11.8 Å². The summed E-state index contributed by atoms with van der Waals surface area (Å²) in [5, 5.41) is 3.26. The van der Waals surface area contributed by atoms with Gasteiger partial charge in [-0.2, -0.15) is 0 Å². The number of hydrogen-bond donors (Lipinski definition) is 2. The van der Waals surface area contributed by atoms with Crippen LogP contribution in [0.15, 0.2) is 30.3 Å². The van der Waals surface area contributed by atoms with Gasteiger partial charge in [-0.15, -0.1) is 0 Å². The zero-order valence-electron chi connectivity index (χ0n) is 12.3. The Morgan fingerprint density at radius 2 is 2.05 bits per heavy atom. The first kappa shape index (κ1) is 15.5. The van der Waals surface area contributed by atoms with Crippen LogP contribution in [0.1, 0.15) is 24.8 Å². The van der Waals surface area contributed by atoms with Crippen molar-refractivity contribution < 1.29 is 9.59 Å². The lowest BCUT2D eigenvalue weighted by Gasteiger charge is -2.29. The van der Waals surface area contributed by atoms with Gasteiger partial charge in [0.25, 0.3) is 0 Å². The average molecular weight is 289 g/mol. The predicted molar refractivity (Wildman–Crippen MR) is 81.3 cm³/mol. The summed E-state index contributed by atoms with van der Waals surface area (Å²) in [7, 11) is 0. The highest BCUT2D eigenvalue weighted by Gasteiger charge is 2.26. The third-order valence-corrected chi connectivity index (χ3v) is 3.80. The minimum Gasteiger partial charge on any atom is -0.370 e. The molecule has 0 aromatic heterocycles. The summed E-state index contributed by atoms with van der Waals surface area (Å²) >= 11 is 0. The maximum absolute atomic E-state index is 12.6. The Balaban J connectivity index is 2.03. The molecule has 0 radical (unpaired) electrons. The number of carbonyl (C=O) groups is 2. The lowest BCUT2D eigenvalue weighted by molar-refractivity contribution is -0.137. The van der Waals surface area contributed by atoms with Crippen molar-refractivity contribution in [3.05, 3.63) is 35.9 Å². The highest BCUT2D eigenvalue weighted by molar-refractivity contribution is 5.80. The highest BCUT2D eigenvalue weighted by atomic mass is 16.2. The van der Waals surface area contributed by atoms with Gasteiger partial charge in [0.1, 0.15) is 0 Å². The van der Waals surface area contributed by atoms with Gasteiger partial charge >= 0.3 is 0 Å². The van der Waals surface area contributed by atoms with E-state index < -0.39 is 0 Å². The maximum Gasteiger partial charge on any atom is 0.227 e. The first-order valence-corrected chi connectivity index (χ1v) is 7.48. The molecule has 1 aromatic rings. The van der Waals surface area contributed by atoms with Crippen molar-refractivity contribution in [2.75, 3.05) is 19.6 Å². The molecule has 5 nitrogen and oxygen atoms in total. The Morgan fingerprint density at radius 1 is 1.29 bits per heavy atom. The standard InChI is InChI=1S/C16H23N3O2/c17-15(20)8-10-19(12-13-5-2-1-3-6-13)16(21)14-7-4-9-18-11-14/h1-3,5-6,14,18H,4,7-12H2,(H2,17,20). The number of piperidine rings is 1. The molecule has 0 aliphatic carbocycles. The van der Waals surface area contributed by atoms with Gasteiger partial charge in [0, 0.05) is 26.1 Å². The van der Waals surface area contributed by atoms with Crippen LogP contribution in [0, 0.1) is 5.92 Å². The maximum atomic E-state index is 12.6. The molecule has 1 aliphatic heterocycles. The summed E-state index contributed by atoms with van der Waals surface area (Å²) in [5.41, 5.74) is 6.29. The van der Waals surface area contributed by atoms with E-state index in [0.717, 1.165) is 31.5 Å². The Morgan fingerprint density at radius 3 is 2.67 bits per heavy atom. The first-order valence-electron chi connectivity index (χ1n) is 7.48. The Kier molecular flexibility index (Phi) is 5.75. The molecule has 0 spiro atoms. The molecule has 2 rings (SSSR count). The first-order chi connectivity index (χ1) is 10.2. The molecule has 1 heterocycles. The van der Waals surface area contributed by atoms with Gasteiger partial charge in [0.15, 0.2) is 0 Å². The van der Waals surface area contributed by atoms with E-state index in [9.17, 15) is 9.59 Å². The van der Waals surface area contributed by atoms with Crippen LogP contribution >= 0.6 is 0 Å². The summed E-state index contributed by atoms with van der Waals surface area (Å²) < 4.78 is 0. The number of primary amides is 1. The number of rotatable bonds is 6. The van der Waals surface area contributed by atoms with E-state index in [0.29, 0.717) is 13.1 Å². The summed E-state index contributed by atoms with van der Waals surface area (Å²) in [4.78, 5) is 25.4. The molecule has 3 N–H and O–H groups in total. The molecular formula is C16H23N3O2. The molecule has 0 bridgehead atoms. The van der Waals surface area contributed by atoms with Crippen LogP contribution in [-0.2, 0) is 16.1 Å². The van der Waals surface area contributed by atoms with E-state index in [-0.39, 0.29) is 24.2 Å². The van der Waals surface area contributed by atoms with E-state index in [1.165, 1.54) is 0 Å². The average Bonchev–Trinajstić information content (AvgIpc) is 2.52. The molecule has 2 amide bonds. The summed E-state index contributed by atoms with van der Waals surface area (Å²) in [6.45, 7) is 2.62. The fraction of sp³-hybridized carbons (Fsp3) is 0.500. The highest BCUT2D eigenvalue weighted by Crippen LogP contribution is 2.16. The Labute approximate surface area is 125 Å². The number of carbonyl (C=O) groups excluding carboxylic acids is 2. The molecule has 1 aromatic carbocycles. The quantitative estimate of drug-likeness (QED) is 0.816. The number of nitrogens with zero attached hydrogens (tertiary/aromatic N) is 1. The van der Waals surface area contributed by atoms with Crippen molar-refractivity contribution >= 4 is 11.8 Å². The van der Waals surface area contributed by atoms with Crippen molar-refractivity contribution in [3.8, 4) is 0 Å². The molecule has 1 aliphatic rings. The number of nitrogens with one attached hydrogen (secondary N) is 1. The third-order valence-electron chi connectivity index (χ3n) is 3.80. The van der Waals surface area contributed by atoms with Crippen molar-refractivity contribution in [2.24, 2.45) is 11.7 Å². The smallest absolute Gasteiger partial charge is 0.227 e. The number of amides is 2. The van der Waals surface area contributed by atoms with Crippen molar-refractivity contribution in [1.29, 1.82) is 0 Å². The summed E-state index contributed by atoms with van der Waals surface area (Å²) in [6, 6.07) is 9.83. The summed E-state index contributed by atoms with van der Waals surface area (Å²) in [5.74, 6) is -0.245. The number of nitrogens with two attached hydrogens (primary N) is 1. The normalized spacial score (nSPS) is 18.2. The van der Waals surface area contributed by atoms with Crippen LogP contribution in [0.4, 0.5) is 0 Å². The fourth-order valence-electron chi connectivity index (χ4n) is 2.64. The zero-order chi connectivity index (χ0) is 15.1. The van der Waals surface area contributed by atoms with Crippen molar-refractivity contribution in [1.82, 2.24) is 10.2 Å². The molecule has 1 fully saturated rings. The Hall–Kier alpha value is -1.88. The lowest BCUT2D eigenvalue weighted by atomic mass is 9.97. The van der Waals surface area contributed by atoms with Gasteiger partial charge < -0.3 is 16.0 Å². The van der Waals surface area contributed by atoms with Gasteiger partial charge in [-0.3, -0.25) is 9.59 Å². The largest absolute Gasteiger partial charge is 0.370 e. The number of benzene rings is 1. The van der Waals surface area contributed by atoms with Crippen LogP contribution in [-0.4, -0.2) is 36.3 Å². The minimum absolute atomic E-state index is 0.00957. The van der Waals surface area contributed by atoms with E-state index in [1.807, 2.05) is 30.3 Å². The van der Waals surface area contributed by atoms with E-state index >= 15 is 0 Å². The van der Waals surface area contributed by atoms with Crippen LogP contribution in [0.5, 0.6) is 0 Å². The van der Waals surface area contributed by atoms with E-state index in [1.54, 1.807) is 4.90 Å². The van der Waals surface area contributed by atoms with Crippen LogP contribution in [0.2, 0.25) is 0 Å². The number of hydrogen-bond acceptors (Lipinski definition) is 3. The van der Waals surface area contributed by atoms with Crippen LogP contribution in [0.3, 0.4) is 0 Å².